The van der Waals surface area contributed by atoms with Gasteiger partial charge in [0.15, 0.2) is 0 Å². The Bertz CT molecular complexity index is 1260. The largest absolute Gasteiger partial charge is 0.507 e. The van der Waals surface area contributed by atoms with Crippen molar-refractivity contribution in [1.82, 2.24) is 5.06 Å². The van der Waals surface area contributed by atoms with Crippen molar-refractivity contribution in [2.75, 3.05) is 32.6 Å². The molecule has 0 radical (unpaired) electrons. The molecule has 1 heterocycles. The normalized spacial score (nSPS) is 14.7. The van der Waals surface area contributed by atoms with Gasteiger partial charge in [0.1, 0.15) is 22.8 Å². The van der Waals surface area contributed by atoms with Gasteiger partial charge in [0.05, 0.1) is 6.57 Å². The summed E-state index contributed by atoms with van der Waals surface area (Å²) >= 11 is 0. The first-order chi connectivity index (χ1) is 16.7. The first kappa shape index (κ1) is 25.3. The second-order valence-electron chi connectivity index (χ2n) is 8.18. The summed E-state index contributed by atoms with van der Waals surface area (Å²) in [6.45, 7) is 12.6. The summed E-state index contributed by atoms with van der Waals surface area (Å²) in [6, 6.07) is 12.6. The van der Waals surface area contributed by atoms with Crippen molar-refractivity contribution in [2.45, 2.75) is 13.8 Å². The first-order valence-electron chi connectivity index (χ1n) is 11.1. The third kappa shape index (κ3) is 6.40. The van der Waals surface area contributed by atoms with Gasteiger partial charge in [0.25, 0.3) is 0 Å². The van der Waals surface area contributed by atoms with Gasteiger partial charge in [-0.05, 0) is 73.0 Å². The van der Waals surface area contributed by atoms with Gasteiger partial charge in [-0.3, -0.25) is 0 Å². The maximum atomic E-state index is 12.2. The molecule has 0 aromatic heterocycles. The van der Waals surface area contributed by atoms with Crippen LogP contribution in [0.4, 0.5) is 5.69 Å². The first-order valence-corrected chi connectivity index (χ1v) is 11.1. The number of hydrogen-bond donors (Lipinski definition) is 1. The molecule has 1 aliphatic heterocycles. The maximum Gasteiger partial charge on any atom is 0.360 e. The highest BCUT2D eigenvalue weighted by atomic mass is 16.7. The SMILES string of the molecule is [C-]#[N+]C(=C1C=C(C)OC(C=Cc2ccc(O)c(C(=O)ON(C)C)c2)=C1)c1ccc(N(C)CC)cc1. The lowest BCUT2D eigenvalue weighted by atomic mass is 10.0. The van der Waals surface area contributed by atoms with Crippen LogP contribution in [0.25, 0.3) is 16.6 Å². The van der Waals surface area contributed by atoms with E-state index in [0.717, 1.165) is 23.4 Å². The minimum absolute atomic E-state index is 0.0588. The van der Waals surface area contributed by atoms with Crippen LogP contribution in [-0.2, 0) is 9.57 Å². The van der Waals surface area contributed by atoms with Gasteiger partial charge in [-0.1, -0.05) is 24.3 Å². The quantitative estimate of drug-likeness (QED) is 0.416. The maximum absolute atomic E-state index is 12.2. The molecule has 0 atom stereocenters. The van der Waals surface area contributed by atoms with Crippen LogP contribution in [0.1, 0.15) is 35.3 Å². The number of carbonyl (C=O) groups excluding carboxylic acids is 1. The fourth-order valence-corrected chi connectivity index (χ4v) is 3.44. The number of hydroxylamine groups is 2. The molecule has 0 saturated carbocycles. The highest BCUT2D eigenvalue weighted by molar-refractivity contribution is 5.93. The van der Waals surface area contributed by atoms with Crippen molar-refractivity contribution in [3.05, 3.63) is 106 Å². The smallest absolute Gasteiger partial charge is 0.360 e. The van der Waals surface area contributed by atoms with Crippen LogP contribution in [0.5, 0.6) is 5.75 Å². The molecule has 0 amide bonds. The van der Waals surface area contributed by atoms with Crippen LogP contribution in [0.2, 0.25) is 0 Å². The predicted octanol–water partition coefficient (Wildman–Crippen LogP) is 5.64. The van der Waals surface area contributed by atoms with Crippen molar-refractivity contribution in [3.8, 4) is 5.75 Å². The number of ether oxygens (including phenoxy) is 1. The second-order valence-corrected chi connectivity index (χ2v) is 8.18. The molecule has 2 aromatic carbocycles. The highest BCUT2D eigenvalue weighted by Crippen LogP contribution is 2.30. The molecule has 3 rings (SSSR count). The third-order valence-corrected chi connectivity index (χ3v) is 5.32. The van der Waals surface area contributed by atoms with Crippen LogP contribution in [-0.4, -0.2) is 43.8 Å². The molecule has 35 heavy (non-hydrogen) atoms. The molecule has 7 heteroatoms. The predicted molar refractivity (Wildman–Crippen MR) is 138 cm³/mol. The number of benzene rings is 2. The summed E-state index contributed by atoms with van der Waals surface area (Å²) in [5.41, 5.74) is 3.94. The molecule has 7 nitrogen and oxygen atoms in total. The summed E-state index contributed by atoms with van der Waals surface area (Å²) in [6.07, 6.45) is 7.17. The number of allylic oxidation sites excluding steroid dienone is 5. The molecule has 0 aliphatic carbocycles. The lowest BCUT2D eigenvalue weighted by Crippen LogP contribution is -2.18. The number of aromatic hydroxyl groups is 1. The second kappa shape index (κ2) is 11.2. The average molecular weight is 472 g/mol. The Morgan fingerprint density at radius 3 is 2.46 bits per heavy atom. The van der Waals surface area contributed by atoms with E-state index >= 15 is 0 Å². The number of rotatable bonds is 7. The van der Waals surface area contributed by atoms with Crippen molar-refractivity contribution in [2.24, 2.45) is 0 Å². The van der Waals surface area contributed by atoms with Gasteiger partial charge in [0.2, 0.25) is 5.70 Å². The number of phenols is 1. The van der Waals surface area contributed by atoms with Crippen LogP contribution in [0.3, 0.4) is 0 Å². The van der Waals surface area contributed by atoms with E-state index < -0.39 is 5.97 Å². The zero-order chi connectivity index (χ0) is 25.5. The molecule has 0 unspecified atom stereocenters. The molecule has 0 bridgehead atoms. The summed E-state index contributed by atoms with van der Waals surface area (Å²) in [5, 5.41) is 11.3. The number of hydrogen-bond acceptors (Lipinski definition) is 6. The summed E-state index contributed by atoms with van der Waals surface area (Å²) in [5.74, 6) is 0.391. The third-order valence-electron chi connectivity index (χ3n) is 5.32. The summed E-state index contributed by atoms with van der Waals surface area (Å²) < 4.78 is 5.83. The van der Waals surface area contributed by atoms with Crippen LogP contribution in [0.15, 0.2) is 77.8 Å². The summed E-state index contributed by atoms with van der Waals surface area (Å²) in [7, 11) is 5.20. The van der Waals surface area contributed by atoms with E-state index in [2.05, 4.69) is 16.7 Å². The van der Waals surface area contributed by atoms with E-state index in [1.807, 2.05) is 50.4 Å². The Labute approximate surface area is 206 Å². The van der Waals surface area contributed by atoms with Crippen LogP contribution < -0.4 is 4.90 Å². The average Bonchev–Trinajstić information content (AvgIpc) is 2.83. The van der Waals surface area contributed by atoms with E-state index in [-0.39, 0.29) is 11.3 Å². The van der Waals surface area contributed by atoms with E-state index in [1.165, 1.54) is 11.1 Å². The fourth-order valence-electron chi connectivity index (χ4n) is 3.44. The van der Waals surface area contributed by atoms with E-state index in [0.29, 0.717) is 22.8 Å². The van der Waals surface area contributed by atoms with Gasteiger partial charge >= 0.3 is 5.97 Å². The van der Waals surface area contributed by atoms with Crippen molar-refractivity contribution in [3.63, 3.8) is 0 Å². The lowest BCUT2D eigenvalue weighted by Gasteiger charge is -2.17. The number of anilines is 1. The van der Waals surface area contributed by atoms with Gasteiger partial charge in [0, 0.05) is 33.4 Å². The molecular weight excluding hydrogens is 442 g/mol. The monoisotopic (exact) mass is 471 g/mol. The molecule has 0 fully saturated rings. The van der Waals surface area contributed by atoms with Crippen LogP contribution >= 0.6 is 0 Å². The molecule has 2 aromatic rings. The van der Waals surface area contributed by atoms with E-state index in [4.69, 9.17) is 16.1 Å². The molecule has 180 valence electrons. The Hall–Kier alpha value is -4.28. The molecule has 0 saturated heterocycles. The van der Waals surface area contributed by atoms with Gasteiger partial charge in [-0.25, -0.2) is 9.64 Å². The molecule has 0 spiro atoms. The van der Waals surface area contributed by atoms with Gasteiger partial charge in [-0.2, -0.15) is 0 Å². The fraction of sp³-hybridized carbons (Fsp3) is 0.214. The minimum Gasteiger partial charge on any atom is -0.507 e. The molecular formula is C28H29N3O4. The van der Waals surface area contributed by atoms with Crippen LogP contribution in [0, 0.1) is 6.57 Å². The van der Waals surface area contributed by atoms with E-state index in [9.17, 15) is 9.90 Å². The standard InChI is InChI=1S/C28H29N3O4/c1-7-31(6)23-12-10-21(11-13-23)27(29-3)22-16-19(2)34-24(18-22)14-8-20-9-15-26(32)25(17-20)28(33)35-30(4)5/h8-18,32H,7H2,1-2,4-6H3. The number of nitrogens with zero attached hydrogens (tertiary/aromatic N) is 3. The number of carbonyl (C=O) groups is 1. The van der Waals surface area contributed by atoms with Crippen molar-refractivity contribution < 1.29 is 19.5 Å². The Morgan fingerprint density at radius 1 is 1.11 bits per heavy atom. The van der Waals surface area contributed by atoms with Crippen molar-refractivity contribution >= 4 is 23.4 Å². The Balaban J connectivity index is 1.91. The zero-order valence-corrected chi connectivity index (χ0v) is 20.6. The van der Waals surface area contributed by atoms with E-state index in [1.54, 1.807) is 38.4 Å². The lowest BCUT2D eigenvalue weighted by molar-refractivity contribution is -0.0715. The molecule has 1 N–H and O–H groups in total. The highest BCUT2D eigenvalue weighted by Gasteiger charge is 2.15. The Morgan fingerprint density at radius 2 is 1.83 bits per heavy atom. The van der Waals surface area contributed by atoms with Crippen molar-refractivity contribution in [1.29, 1.82) is 0 Å². The summed E-state index contributed by atoms with van der Waals surface area (Å²) in [4.78, 5) is 23.2. The Kier molecular flexibility index (Phi) is 8.13. The minimum atomic E-state index is -0.655. The zero-order valence-electron chi connectivity index (χ0n) is 20.6. The van der Waals surface area contributed by atoms with Gasteiger partial charge in [-0.15, -0.1) is 5.06 Å². The van der Waals surface area contributed by atoms with Gasteiger partial charge < -0.3 is 19.6 Å². The molecule has 1 aliphatic rings. The topological polar surface area (TPSA) is 66.6 Å². The number of phenolic OH excluding ortho intramolecular Hbond substituents is 1.